The van der Waals surface area contributed by atoms with Gasteiger partial charge in [-0.25, -0.2) is 9.18 Å². The van der Waals surface area contributed by atoms with E-state index in [2.05, 4.69) is 4.98 Å². The zero-order valence-corrected chi connectivity index (χ0v) is 12.3. The summed E-state index contributed by atoms with van der Waals surface area (Å²) in [6.07, 6.45) is -3.17. The van der Waals surface area contributed by atoms with E-state index in [9.17, 15) is 19.4 Å². The Morgan fingerprint density at radius 3 is 2.77 bits per heavy atom. The van der Waals surface area contributed by atoms with Crippen molar-refractivity contribution in [2.45, 2.75) is 44.6 Å². The Labute approximate surface area is 125 Å². The van der Waals surface area contributed by atoms with E-state index in [0.717, 1.165) is 11.0 Å². The van der Waals surface area contributed by atoms with Crippen molar-refractivity contribution in [3.8, 4) is 5.88 Å². The van der Waals surface area contributed by atoms with E-state index < -0.39 is 36.6 Å². The third-order valence-corrected chi connectivity index (χ3v) is 3.39. The summed E-state index contributed by atoms with van der Waals surface area (Å²) >= 11 is 0. The number of hydrogen-bond donors (Lipinski definition) is 3. The molecule has 8 nitrogen and oxygen atoms in total. The number of aryl methyl sites for hydroxylation is 1. The zero-order valence-electron chi connectivity index (χ0n) is 12.3. The molecule has 22 heavy (non-hydrogen) atoms. The molecule has 1 saturated heterocycles. The van der Waals surface area contributed by atoms with Gasteiger partial charge >= 0.3 is 5.69 Å². The van der Waals surface area contributed by atoms with Gasteiger partial charge in [-0.15, -0.1) is 0 Å². The molecule has 3 N–H and O–H groups in total. The van der Waals surface area contributed by atoms with E-state index >= 15 is 0 Å². The molecule has 0 unspecified atom stereocenters. The highest BCUT2D eigenvalue weighted by Crippen LogP contribution is 2.37. The summed E-state index contributed by atoms with van der Waals surface area (Å²) in [5.41, 5.74) is -0.339. The summed E-state index contributed by atoms with van der Waals surface area (Å²) < 4.78 is 25.1. The van der Waals surface area contributed by atoms with Crippen molar-refractivity contribution in [2.75, 3.05) is 13.2 Å². The zero-order chi connectivity index (χ0) is 16.5. The van der Waals surface area contributed by atoms with Crippen LogP contribution in [-0.2, 0) is 4.74 Å². The fourth-order valence-corrected chi connectivity index (χ4v) is 2.18. The molecule has 1 fully saturated rings. The highest BCUT2D eigenvalue weighted by molar-refractivity contribution is 5.21. The van der Waals surface area contributed by atoms with Crippen LogP contribution in [0.3, 0.4) is 0 Å². The number of ether oxygens (including phenoxy) is 2. The molecule has 0 spiro atoms. The Morgan fingerprint density at radius 2 is 2.23 bits per heavy atom. The molecular formula is C13H19FN2O6. The first-order chi connectivity index (χ1) is 10.3. The number of aliphatic hydroxyl groups excluding tert-OH is 3. The van der Waals surface area contributed by atoms with E-state index in [-0.39, 0.29) is 5.88 Å². The summed E-state index contributed by atoms with van der Waals surface area (Å²) in [6, 6.07) is 0. The van der Waals surface area contributed by atoms with Crippen LogP contribution in [0.1, 0.15) is 25.1 Å². The standard InChI is InChI=1S/C13H19FN2O6/c1-3-4-21-10-7(2)5-16(12(20)15-10)11-8(18)9(19)13(14,6-17)22-11/h5,8-9,11,17-19H,3-4,6H2,1-2H3/t8-,9+,11-,13-/m1/s1. The molecule has 0 aliphatic carbocycles. The highest BCUT2D eigenvalue weighted by Gasteiger charge is 2.56. The second-order valence-corrected chi connectivity index (χ2v) is 5.16. The third kappa shape index (κ3) is 2.84. The SMILES string of the molecule is CCCOc1nc(=O)n([C@@H]2O[C@](F)(CO)[C@@H](O)[C@H]2O)cc1C. The van der Waals surface area contributed by atoms with Gasteiger partial charge in [0.25, 0.3) is 5.85 Å². The van der Waals surface area contributed by atoms with Gasteiger partial charge < -0.3 is 24.8 Å². The molecule has 4 atom stereocenters. The van der Waals surface area contributed by atoms with E-state index in [1.807, 2.05) is 6.92 Å². The predicted octanol–water partition coefficient (Wildman–Crippen LogP) is -0.751. The van der Waals surface area contributed by atoms with Crippen molar-refractivity contribution in [1.82, 2.24) is 9.55 Å². The molecule has 1 aromatic heterocycles. The van der Waals surface area contributed by atoms with Gasteiger partial charge in [-0.3, -0.25) is 4.57 Å². The van der Waals surface area contributed by atoms with E-state index in [4.69, 9.17) is 14.6 Å². The molecule has 0 radical (unpaired) electrons. The Morgan fingerprint density at radius 1 is 1.55 bits per heavy atom. The average molecular weight is 318 g/mol. The fraction of sp³-hybridized carbons (Fsp3) is 0.692. The van der Waals surface area contributed by atoms with Crippen molar-refractivity contribution < 1.29 is 29.2 Å². The summed E-state index contributed by atoms with van der Waals surface area (Å²) in [6.45, 7) is 2.76. The normalized spacial score (nSPS) is 31.5. The van der Waals surface area contributed by atoms with E-state index in [0.29, 0.717) is 12.2 Å². The van der Waals surface area contributed by atoms with Crippen LogP contribution in [0.15, 0.2) is 11.0 Å². The Bertz CT molecular complexity index is 594. The van der Waals surface area contributed by atoms with Gasteiger partial charge in [-0.1, -0.05) is 6.92 Å². The number of hydrogen-bond acceptors (Lipinski definition) is 7. The van der Waals surface area contributed by atoms with Crippen LogP contribution in [0, 0.1) is 6.92 Å². The van der Waals surface area contributed by atoms with Crippen LogP contribution in [0.4, 0.5) is 4.39 Å². The third-order valence-electron chi connectivity index (χ3n) is 3.39. The molecule has 1 aromatic rings. The summed E-state index contributed by atoms with van der Waals surface area (Å²) in [7, 11) is 0. The number of rotatable bonds is 5. The molecule has 124 valence electrons. The number of nitrogens with zero attached hydrogens (tertiary/aromatic N) is 2. The molecule has 0 saturated carbocycles. The lowest BCUT2D eigenvalue weighted by atomic mass is 10.1. The number of aliphatic hydroxyl groups is 3. The largest absolute Gasteiger partial charge is 0.477 e. The maximum absolute atomic E-state index is 14.1. The van der Waals surface area contributed by atoms with Gasteiger partial charge in [0, 0.05) is 11.8 Å². The summed E-state index contributed by atoms with van der Waals surface area (Å²) in [5, 5.41) is 28.4. The minimum atomic E-state index is -2.84. The first-order valence-corrected chi connectivity index (χ1v) is 6.90. The van der Waals surface area contributed by atoms with Crippen molar-refractivity contribution in [3.05, 3.63) is 22.2 Å². The van der Waals surface area contributed by atoms with Gasteiger partial charge in [0.1, 0.15) is 18.8 Å². The molecule has 0 aromatic carbocycles. The summed E-state index contributed by atoms with van der Waals surface area (Å²) in [5.74, 6) is -2.70. The number of alkyl halides is 1. The van der Waals surface area contributed by atoms with Crippen molar-refractivity contribution in [1.29, 1.82) is 0 Å². The average Bonchev–Trinajstić information content (AvgIpc) is 2.73. The van der Waals surface area contributed by atoms with Crippen LogP contribution in [0.25, 0.3) is 0 Å². The molecule has 1 aliphatic heterocycles. The van der Waals surface area contributed by atoms with Crippen molar-refractivity contribution in [3.63, 3.8) is 0 Å². The molecule has 9 heteroatoms. The minimum Gasteiger partial charge on any atom is -0.477 e. The highest BCUT2D eigenvalue weighted by atomic mass is 19.2. The van der Waals surface area contributed by atoms with Crippen LogP contribution in [0.5, 0.6) is 5.88 Å². The number of halogens is 1. The molecule has 0 amide bonds. The van der Waals surface area contributed by atoms with Crippen LogP contribution < -0.4 is 10.4 Å². The quantitative estimate of drug-likeness (QED) is 0.654. The second kappa shape index (κ2) is 6.29. The van der Waals surface area contributed by atoms with Gasteiger partial charge in [0.2, 0.25) is 5.88 Å². The maximum Gasteiger partial charge on any atom is 0.353 e. The van der Waals surface area contributed by atoms with Crippen LogP contribution in [0.2, 0.25) is 0 Å². The lowest BCUT2D eigenvalue weighted by molar-refractivity contribution is -0.207. The lowest BCUT2D eigenvalue weighted by Gasteiger charge is -2.20. The molecule has 2 heterocycles. The molecule has 1 aliphatic rings. The van der Waals surface area contributed by atoms with Crippen LogP contribution >= 0.6 is 0 Å². The van der Waals surface area contributed by atoms with Gasteiger partial charge in [0.05, 0.1) is 6.61 Å². The topological polar surface area (TPSA) is 114 Å². The first-order valence-electron chi connectivity index (χ1n) is 6.90. The predicted molar refractivity (Wildman–Crippen MR) is 72.1 cm³/mol. The molecule has 2 rings (SSSR count). The van der Waals surface area contributed by atoms with E-state index in [1.54, 1.807) is 6.92 Å². The number of aromatic nitrogens is 2. The minimum absolute atomic E-state index is 0.143. The fourth-order valence-electron chi connectivity index (χ4n) is 2.18. The van der Waals surface area contributed by atoms with Crippen molar-refractivity contribution in [2.24, 2.45) is 0 Å². The van der Waals surface area contributed by atoms with Crippen LogP contribution in [-0.4, -0.2) is 56.1 Å². The van der Waals surface area contributed by atoms with Gasteiger partial charge in [-0.05, 0) is 13.3 Å². The molecular weight excluding hydrogens is 299 g/mol. The Kier molecular flexibility index (Phi) is 4.81. The van der Waals surface area contributed by atoms with E-state index in [1.165, 1.54) is 6.20 Å². The Balaban J connectivity index is 2.34. The lowest BCUT2D eigenvalue weighted by Crippen LogP contribution is -2.42. The molecule has 0 bridgehead atoms. The van der Waals surface area contributed by atoms with Gasteiger partial charge in [-0.2, -0.15) is 4.98 Å². The maximum atomic E-state index is 14.1. The van der Waals surface area contributed by atoms with Crippen molar-refractivity contribution >= 4 is 0 Å². The summed E-state index contributed by atoms with van der Waals surface area (Å²) in [4.78, 5) is 15.7. The second-order valence-electron chi connectivity index (χ2n) is 5.16. The smallest absolute Gasteiger partial charge is 0.353 e. The van der Waals surface area contributed by atoms with Gasteiger partial charge in [0.15, 0.2) is 6.23 Å². The first kappa shape index (κ1) is 16.8. The Hall–Kier alpha value is -1.55. The monoisotopic (exact) mass is 318 g/mol.